The molecular weight excluding hydrogens is 294 g/mol. The molecule has 3 heterocycles. The van der Waals surface area contributed by atoms with Crippen LogP contribution in [0, 0.1) is 0 Å². The topological polar surface area (TPSA) is 110 Å². The van der Waals surface area contributed by atoms with E-state index in [2.05, 4.69) is 25.7 Å². The third-order valence-corrected chi connectivity index (χ3v) is 3.59. The number of aromatic nitrogens is 4. The minimum atomic E-state index is -0.306. The SMILES string of the molecule is Nc1cc(NC2CC2)c2ncc(C(=O)Nc3ccncc3)n2n1. The molecule has 4 N–H and O–H groups in total. The van der Waals surface area contributed by atoms with Crippen LogP contribution in [0.3, 0.4) is 0 Å². The minimum absolute atomic E-state index is 0.306. The number of carbonyl (C=O) groups is 1. The summed E-state index contributed by atoms with van der Waals surface area (Å²) < 4.78 is 1.47. The maximum atomic E-state index is 12.5. The lowest BCUT2D eigenvalue weighted by atomic mass is 10.3. The average Bonchev–Trinajstić information content (AvgIpc) is 3.24. The van der Waals surface area contributed by atoms with Crippen LogP contribution < -0.4 is 16.4 Å². The van der Waals surface area contributed by atoms with Crippen LogP contribution in [0.1, 0.15) is 23.3 Å². The number of nitrogens with one attached hydrogen (secondary N) is 2. The van der Waals surface area contributed by atoms with Gasteiger partial charge in [-0.2, -0.15) is 0 Å². The molecule has 23 heavy (non-hydrogen) atoms. The number of hydrogen-bond donors (Lipinski definition) is 3. The van der Waals surface area contributed by atoms with E-state index in [9.17, 15) is 4.79 Å². The largest absolute Gasteiger partial charge is 0.382 e. The van der Waals surface area contributed by atoms with Crippen molar-refractivity contribution in [2.75, 3.05) is 16.4 Å². The van der Waals surface area contributed by atoms with Crippen LogP contribution in [-0.2, 0) is 0 Å². The molecule has 1 amide bonds. The summed E-state index contributed by atoms with van der Waals surface area (Å²) in [5.74, 6) is 0.0239. The summed E-state index contributed by atoms with van der Waals surface area (Å²) in [4.78, 5) is 20.7. The number of nitrogens with zero attached hydrogens (tertiary/aromatic N) is 4. The molecule has 1 fully saturated rings. The van der Waals surface area contributed by atoms with Crippen molar-refractivity contribution in [3.05, 3.63) is 42.5 Å². The Balaban J connectivity index is 1.69. The third kappa shape index (κ3) is 2.66. The molecule has 1 saturated carbocycles. The number of amides is 1. The molecule has 0 bridgehead atoms. The first-order chi connectivity index (χ1) is 11.2. The molecule has 8 nitrogen and oxygen atoms in total. The van der Waals surface area contributed by atoms with Gasteiger partial charge in [0, 0.05) is 30.2 Å². The van der Waals surface area contributed by atoms with Crippen molar-refractivity contribution in [2.45, 2.75) is 18.9 Å². The fourth-order valence-electron chi connectivity index (χ4n) is 2.33. The first-order valence-electron chi connectivity index (χ1n) is 7.33. The number of fused-ring (bicyclic) bond motifs is 1. The van der Waals surface area contributed by atoms with E-state index in [4.69, 9.17) is 5.73 Å². The van der Waals surface area contributed by atoms with Crippen molar-refractivity contribution in [2.24, 2.45) is 0 Å². The number of anilines is 3. The number of carbonyl (C=O) groups excluding carboxylic acids is 1. The Morgan fingerprint density at radius 3 is 2.83 bits per heavy atom. The summed E-state index contributed by atoms with van der Waals surface area (Å²) in [7, 11) is 0. The van der Waals surface area contributed by atoms with Gasteiger partial charge in [-0.3, -0.25) is 9.78 Å². The third-order valence-electron chi connectivity index (χ3n) is 3.59. The first-order valence-corrected chi connectivity index (χ1v) is 7.33. The zero-order chi connectivity index (χ0) is 15.8. The van der Waals surface area contributed by atoms with Crippen molar-refractivity contribution < 1.29 is 4.79 Å². The molecule has 0 atom stereocenters. The Morgan fingerprint density at radius 1 is 1.30 bits per heavy atom. The highest BCUT2D eigenvalue weighted by molar-refractivity contribution is 6.03. The second-order valence-electron chi connectivity index (χ2n) is 5.47. The summed E-state index contributed by atoms with van der Waals surface area (Å²) in [5.41, 5.74) is 8.22. The quantitative estimate of drug-likeness (QED) is 0.674. The van der Waals surface area contributed by atoms with Gasteiger partial charge in [0.2, 0.25) is 0 Å². The Bertz CT molecular complexity index is 870. The monoisotopic (exact) mass is 309 g/mol. The van der Waals surface area contributed by atoms with Crippen molar-refractivity contribution in [3.8, 4) is 0 Å². The predicted molar refractivity (Wildman–Crippen MR) is 86.2 cm³/mol. The van der Waals surface area contributed by atoms with Gasteiger partial charge < -0.3 is 16.4 Å². The van der Waals surface area contributed by atoms with E-state index < -0.39 is 0 Å². The van der Waals surface area contributed by atoms with E-state index in [1.165, 1.54) is 10.7 Å². The molecule has 4 rings (SSSR count). The molecule has 0 spiro atoms. The van der Waals surface area contributed by atoms with Crippen molar-refractivity contribution in [3.63, 3.8) is 0 Å². The summed E-state index contributed by atoms with van der Waals surface area (Å²) in [6, 6.07) is 5.61. The summed E-state index contributed by atoms with van der Waals surface area (Å²) >= 11 is 0. The summed E-state index contributed by atoms with van der Waals surface area (Å²) in [6.45, 7) is 0. The summed E-state index contributed by atoms with van der Waals surface area (Å²) in [6.07, 6.45) is 6.97. The van der Waals surface area contributed by atoms with Crippen LogP contribution in [0.2, 0.25) is 0 Å². The van der Waals surface area contributed by atoms with Crippen molar-refractivity contribution in [1.29, 1.82) is 0 Å². The van der Waals surface area contributed by atoms with Gasteiger partial charge in [-0.1, -0.05) is 0 Å². The number of nitrogen functional groups attached to an aromatic ring is 1. The molecule has 8 heteroatoms. The summed E-state index contributed by atoms with van der Waals surface area (Å²) in [5, 5.41) is 10.4. The maximum Gasteiger partial charge on any atom is 0.276 e. The number of hydrogen-bond acceptors (Lipinski definition) is 6. The zero-order valence-electron chi connectivity index (χ0n) is 12.2. The molecular formula is C15H15N7O. The Morgan fingerprint density at radius 2 is 2.09 bits per heavy atom. The zero-order valence-corrected chi connectivity index (χ0v) is 12.2. The van der Waals surface area contributed by atoms with Crippen molar-refractivity contribution in [1.82, 2.24) is 19.6 Å². The number of imidazole rings is 1. The van der Waals surface area contributed by atoms with Crippen molar-refractivity contribution >= 4 is 28.7 Å². The first kappa shape index (κ1) is 13.5. The molecule has 0 aliphatic heterocycles. The normalized spacial score (nSPS) is 13.9. The van der Waals surface area contributed by atoms with Gasteiger partial charge in [-0.05, 0) is 25.0 Å². The number of pyridine rings is 1. The van der Waals surface area contributed by atoms with Crippen LogP contribution in [0.5, 0.6) is 0 Å². The van der Waals surface area contributed by atoms with E-state index in [1.54, 1.807) is 30.6 Å². The predicted octanol–water partition coefficient (Wildman–Crippen LogP) is 1.53. The maximum absolute atomic E-state index is 12.5. The molecule has 3 aromatic rings. The molecule has 1 aliphatic carbocycles. The fourth-order valence-corrected chi connectivity index (χ4v) is 2.33. The van der Waals surface area contributed by atoms with E-state index in [0.29, 0.717) is 28.9 Å². The molecule has 116 valence electrons. The minimum Gasteiger partial charge on any atom is -0.382 e. The van der Waals surface area contributed by atoms with Gasteiger partial charge >= 0.3 is 0 Å². The average molecular weight is 309 g/mol. The molecule has 0 saturated heterocycles. The van der Waals surface area contributed by atoms with Crippen LogP contribution >= 0.6 is 0 Å². The highest BCUT2D eigenvalue weighted by Crippen LogP contribution is 2.28. The lowest BCUT2D eigenvalue weighted by molar-refractivity contribution is 0.102. The van der Waals surface area contributed by atoms with Crippen LogP contribution in [0.15, 0.2) is 36.8 Å². The Labute approximate surface area is 131 Å². The lowest BCUT2D eigenvalue weighted by Gasteiger charge is -2.08. The molecule has 0 radical (unpaired) electrons. The standard InChI is InChI=1S/C15H15N7O/c16-13-7-11(19-9-1-2-9)14-18-8-12(22(14)21-13)15(23)20-10-3-5-17-6-4-10/h3-9,19H,1-2H2,(H2,16,21)(H,17,20,23). The molecule has 0 unspecified atom stereocenters. The van der Waals surface area contributed by atoms with Crippen LogP contribution in [-0.4, -0.2) is 31.5 Å². The van der Waals surface area contributed by atoms with Crippen LogP contribution in [0.25, 0.3) is 5.65 Å². The number of rotatable bonds is 4. The Kier molecular flexibility index (Phi) is 3.07. The second-order valence-corrected chi connectivity index (χ2v) is 5.47. The lowest BCUT2D eigenvalue weighted by Crippen LogP contribution is -2.16. The molecule has 3 aromatic heterocycles. The van der Waals surface area contributed by atoms with E-state index >= 15 is 0 Å². The highest BCUT2D eigenvalue weighted by atomic mass is 16.2. The number of nitrogens with two attached hydrogens (primary N) is 1. The van der Waals surface area contributed by atoms with Gasteiger partial charge in [0.25, 0.3) is 5.91 Å². The Hall–Kier alpha value is -3.16. The van der Waals surface area contributed by atoms with Crippen LogP contribution in [0.4, 0.5) is 17.2 Å². The molecule has 1 aliphatic rings. The second kappa shape index (κ2) is 5.24. The molecule has 0 aromatic carbocycles. The highest BCUT2D eigenvalue weighted by Gasteiger charge is 2.23. The van der Waals surface area contributed by atoms with Gasteiger partial charge in [-0.25, -0.2) is 9.50 Å². The van der Waals surface area contributed by atoms with Gasteiger partial charge in [-0.15, -0.1) is 5.10 Å². The smallest absolute Gasteiger partial charge is 0.276 e. The van der Waals surface area contributed by atoms with Gasteiger partial charge in [0.15, 0.2) is 11.3 Å². The van der Waals surface area contributed by atoms with E-state index in [1.807, 2.05) is 0 Å². The van der Waals surface area contributed by atoms with Gasteiger partial charge in [0.1, 0.15) is 5.82 Å². The van der Waals surface area contributed by atoms with E-state index in [0.717, 1.165) is 18.5 Å². The van der Waals surface area contributed by atoms with Gasteiger partial charge in [0.05, 0.1) is 11.9 Å². The fraction of sp³-hybridized carbons (Fsp3) is 0.200. The van der Waals surface area contributed by atoms with E-state index in [-0.39, 0.29) is 5.91 Å².